The minimum atomic E-state index is -0.313. The Bertz CT molecular complexity index is 1160. The summed E-state index contributed by atoms with van der Waals surface area (Å²) in [5, 5.41) is 6.26. The zero-order valence-electron chi connectivity index (χ0n) is 17.9. The topological polar surface area (TPSA) is 51.1 Å². The summed E-state index contributed by atoms with van der Waals surface area (Å²) in [5.74, 6) is 1.19. The largest absolute Gasteiger partial charge is 0.497 e. The summed E-state index contributed by atoms with van der Waals surface area (Å²) in [5.41, 5.74) is 3.62. The van der Waals surface area contributed by atoms with Crippen LogP contribution >= 0.6 is 15.9 Å². The van der Waals surface area contributed by atoms with Crippen molar-refractivity contribution in [2.75, 3.05) is 14.2 Å². The third kappa shape index (κ3) is 4.75. The molecule has 0 radical (unpaired) electrons. The Morgan fingerprint density at radius 1 is 1.03 bits per heavy atom. The molecule has 1 atom stereocenters. The first-order chi connectivity index (χ1) is 15.6. The molecule has 3 aromatic carbocycles. The van der Waals surface area contributed by atoms with Gasteiger partial charge in [0.2, 0.25) is 0 Å². The monoisotopic (exact) mass is 490 g/mol. The van der Waals surface area contributed by atoms with Crippen LogP contribution in [0.2, 0.25) is 0 Å². The Morgan fingerprint density at radius 2 is 1.78 bits per heavy atom. The van der Waals surface area contributed by atoms with Gasteiger partial charge in [0.15, 0.2) is 0 Å². The average molecular weight is 491 g/mol. The summed E-state index contributed by atoms with van der Waals surface area (Å²) in [4.78, 5) is 13.2. The summed E-state index contributed by atoms with van der Waals surface area (Å²) in [6, 6.07) is 23.0. The summed E-state index contributed by atoms with van der Waals surface area (Å²) in [6.07, 6.45) is 3.93. The lowest BCUT2D eigenvalue weighted by molar-refractivity contribution is -0.127. The first-order valence-electron chi connectivity index (χ1n) is 10.2. The fourth-order valence-corrected chi connectivity index (χ4v) is 3.94. The molecule has 5 nitrogen and oxygen atoms in total. The highest BCUT2D eigenvalue weighted by Crippen LogP contribution is 2.39. The second-order valence-corrected chi connectivity index (χ2v) is 8.22. The molecular formula is C26H23BrN2O3. The highest BCUT2D eigenvalue weighted by atomic mass is 79.9. The molecule has 6 heteroatoms. The van der Waals surface area contributed by atoms with Crippen molar-refractivity contribution < 1.29 is 14.3 Å². The van der Waals surface area contributed by atoms with Gasteiger partial charge in [-0.2, -0.15) is 5.10 Å². The lowest BCUT2D eigenvalue weighted by Gasteiger charge is -2.23. The predicted octanol–water partition coefficient (Wildman–Crippen LogP) is 5.86. The Hall–Kier alpha value is -3.38. The van der Waals surface area contributed by atoms with E-state index in [0.29, 0.717) is 17.9 Å². The summed E-state index contributed by atoms with van der Waals surface area (Å²) < 4.78 is 12.0. The van der Waals surface area contributed by atoms with Gasteiger partial charge in [-0.15, -0.1) is 0 Å². The summed E-state index contributed by atoms with van der Waals surface area (Å²) in [7, 11) is 3.24. The van der Waals surface area contributed by atoms with Crippen LogP contribution in [0.5, 0.6) is 11.5 Å². The maximum Gasteiger partial charge on any atom is 0.267 e. The molecule has 162 valence electrons. The van der Waals surface area contributed by atoms with Gasteiger partial charge in [-0.3, -0.25) is 4.79 Å². The van der Waals surface area contributed by atoms with Crippen molar-refractivity contribution >= 4 is 33.6 Å². The molecule has 1 aliphatic heterocycles. The van der Waals surface area contributed by atoms with Crippen LogP contribution in [0.1, 0.15) is 29.2 Å². The molecule has 0 aromatic heterocycles. The van der Waals surface area contributed by atoms with E-state index in [2.05, 4.69) is 15.9 Å². The number of ether oxygens (including phenoxy) is 2. The minimum absolute atomic E-state index is 0.198. The predicted molar refractivity (Wildman–Crippen MR) is 130 cm³/mol. The van der Waals surface area contributed by atoms with Crippen LogP contribution in [0, 0.1) is 0 Å². The molecule has 0 fully saturated rings. The number of hydrazone groups is 1. The van der Waals surface area contributed by atoms with Gasteiger partial charge in [-0.05, 0) is 47.5 Å². The molecule has 0 N–H and O–H groups in total. The number of carbonyl (C=O) groups excluding carboxylic acids is 1. The molecule has 1 heterocycles. The van der Waals surface area contributed by atoms with Gasteiger partial charge in [0.25, 0.3) is 5.91 Å². The van der Waals surface area contributed by atoms with Gasteiger partial charge in [-0.1, -0.05) is 58.4 Å². The molecule has 0 saturated heterocycles. The number of methoxy groups -OCH3 is 2. The Morgan fingerprint density at radius 3 is 2.47 bits per heavy atom. The van der Waals surface area contributed by atoms with E-state index in [1.54, 1.807) is 26.4 Å². The number of nitrogens with zero attached hydrogens (tertiary/aromatic N) is 2. The molecule has 32 heavy (non-hydrogen) atoms. The Balaban J connectivity index is 1.72. The molecule has 0 saturated carbocycles. The van der Waals surface area contributed by atoms with E-state index < -0.39 is 0 Å². The molecule has 3 aromatic rings. The normalized spacial score (nSPS) is 15.7. The lowest BCUT2D eigenvalue weighted by Crippen LogP contribution is -2.25. The molecule has 0 aliphatic carbocycles. The van der Waals surface area contributed by atoms with Gasteiger partial charge >= 0.3 is 0 Å². The van der Waals surface area contributed by atoms with E-state index in [9.17, 15) is 4.79 Å². The van der Waals surface area contributed by atoms with E-state index >= 15 is 0 Å². The van der Waals surface area contributed by atoms with Crippen molar-refractivity contribution in [3.63, 3.8) is 0 Å². The quantitative estimate of drug-likeness (QED) is 0.406. The van der Waals surface area contributed by atoms with Crippen LogP contribution in [0.25, 0.3) is 6.08 Å². The molecule has 0 unspecified atom stereocenters. The first kappa shape index (κ1) is 21.8. The minimum Gasteiger partial charge on any atom is -0.497 e. The lowest BCUT2D eigenvalue weighted by atomic mass is 9.97. The standard InChI is InChI=1S/C26H23BrN2O3/c1-31-21-13-14-25(32-2)22(16-21)24-17-23(19-9-11-20(27)12-10-19)28-29(24)26(30)15-8-18-6-4-3-5-7-18/h3-16,24H,17H2,1-2H3/b15-8+/t24-/m1/s1. The smallest absolute Gasteiger partial charge is 0.267 e. The molecule has 1 amide bonds. The zero-order valence-corrected chi connectivity index (χ0v) is 19.5. The number of hydrogen-bond acceptors (Lipinski definition) is 4. The zero-order chi connectivity index (χ0) is 22.5. The molecule has 0 spiro atoms. The SMILES string of the molecule is COc1ccc(OC)c([C@H]2CC(c3ccc(Br)cc3)=NN2C(=O)/C=C/c2ccccc2)c1. The van der Waals surface area contributed by atoms with E-state index in [-0.39, 0.29) is 11.9 Å². The van der Waals surface area contributed by atoms with Gasteiger partial charge < -0.3 is 9.47 Å². The molecular weight excluding hydrogens is 468 g/mol. The highest BCUT2D eigenvalue weighted by Gasteiger charge is 2.34. The number of hydrogen-bond donors (Lipinski definition) is 0. The fraction of sp³-hybridized carbons (Fsp3) is 0.154. The molecule has 1 aliphatic rings. The van der Waals surface area contributed by atoms with Crippen molar-refractivity contribution in [3.05, 3.63) is 100 Å². The first-order valence-corrected chi connectivity index (χ1v) is 11.0. The van der Waals surface area contributed by atoms with Gasteiger partial charge in [0, 0.05) is 22.5 Å². The van der Waals surface area contributed by atoms with E-state index in [1.807, 2.05) is 72.8 Å². The van der Waals surface area contributed by atoms with Crippen molar-refractivity contribution in [3.8, 4) is 11.5 Å². The van der Waals surface area contributed by atoms with Gasteiger partial charge in [-0.25, -0.2) is 5.01 Å². The molecule has 4 rings (SSSR count). The summed E-state index contributed by atoms with van der Waals surface area (Å²) >= 11 is 3.47. The van der Waals surface area contributed by atoms with Crippen molar-refractivity contribution in [1.29, 1.82) is 0 Å². The number of carbonyl (C=O) groups is 1. The fourth-order valence-electron chi connectivity index (χ4n) is 3.68. The van der Waals surface area contributed by atoms with Crippen LogP contribution in [0.15, 0.2) is 88.4 Å². The maximum absolute atomic E-state index is 13.2. The van der Waals surface area contributed by atoms with Crippen molar-refractivity contribution in [2.45, 2.75) is 12.5 Å². The Kier molecular flexibility index (Phi) is 6.71. The number of rotatable bonds is 6. The van der Waals surface area contributed by atoms with Gasteiger partial charge in [0.05, 0.1) is 26.0 Å². The second-order valence-electron chi connectivity index (χ2n) is 7.31. The van der Waals surface area contributed by atoms with Crippen LogP contribution in [-0.2, 0) is 4.79 Å². The number of benzene rings is 3. The van der Waals surface area contributed by atoms with Crippen LogP contribution in [0.4, 0.5) is 0 Å². The maximum atomic E-state index is 13.2. The van der Waals surface area contributed by atoms with Crippen molar-refractivity contribution in [1.82, 2.24) is 5.01 Å². The van der Waals surface area contributed by atoms with Crippen LogP contribution < -0.4 is 9.47 Å². The number of halogens is 1. The van der Waals surface area contributed by atoms with E-state index in [4.69, 9.17) is 14.6 Å². The van der Waals surface area contributed by atoms with E-state index in [1.165, 1.54) is 5.01 Å². The third-order valence-electron chi connectivity index (χ3n) is 5.33. The van der Waals surface area contributed by atoms with E-state index in [0.717, 1.165) is 26.9 Å². The van der Waals surface area contributed by atoms with Crippen LogP contribution in [-0.4, -0.2) is 30.8 Å². The third-order valence-corrected chi connectivity index (χ3v) is 5.86. The second kappa shape index (κ2) is 9.83. The summed E-state index contributed by atoms with van der Waals surface area (Å²) in [6.45, 7) is 0. The Labute approximate surface area is 196 Å². The average Bonchev–Trinajstić information content (AvgIpc) is 3.28. The van der Waals surface area contributed by atoms with Gasteiger partial charge in [0.1, 0.15) is 11.5 Å². The number of amides is 1. The molecule has 0 bridgehead atoms. The van der Waals surface area contributed by atoms with Crippen molar-refractivity contribution in [2.24, 2.45) is 5.10 Å². The highest BCUT2D eigenvalue weighted by molar-refractivity contribution is 9.10. The van der Waals surface area contributed by atoms with Crippen LogP contribution in [0.3, 0.4) is 0 Å².